The number of halogens is 2. The number of benzene rings is 1. The molecule has 0 fully saturated rings. The van der Waals surface area contributed by atoms with Crippen molar-refractivity contribution in [3.63, 3.8) is 0 Å². The van der Waals surface area contributed by atoms with E-state index in [2.05, 4.69) is 0 Å². The Balaban J connectivity index is 3.00. The van der Waals surface area contributed by atoms with Crippen LogP contribution in [0.25, 0.3) is 0 Å². The van der Waals surface area contributed by atoms with Crippen LogP contribution in [0.5, 0.6) is 0 Å². The second kappa shape index (κ2) is 5.02. The lowest BCUT2D eigenvalue weighted by Crippen LogP contribution is -2.14. The topological polar surface area (TPSA) is 46.2 Å². The number of hydrogen-bond donors (Lipinski definition) is 2. The van der Waals surface area contributed by atoms with Crippen LogP contribution in [0.3, 0.4) is 0 Å². The molecule has 0 bridgehead atoms. The molecule has 2 nitrogen and oxygen atoms in total. The van der Waals surface area contributed by atoms with E-state index in [0.29, 0.717) is 12.0 Å². The van der Waals surface area contributed by atoms with E-state index in [-0.39, 0.29) is 12.2 Å². The number of alkyl halides is 1. The van der Waals surface area contributed by atoms with Gasteiger partial charge in [0.15, 0.2) is 0 Å². The molecule has 1 aromatic rings. The van der Waals surface area contributed by atoms with Crippen LogP contribution in [-0.4, -0.2) is 11.7 Å². The minimum absolute atomic E-state index is 0.00606. The second-order valence-electron chi connectivity index (χ2n) is 3.06. The van der Waals surface area contributed by atoms with Crippen LogP contribution >= 0.6 is 0 Å². The SMILES string of the molecule is NC(CCO)c1cccc(F)c1CF. The first-order valence-electron chi connectivity index (χ1n) is 4.40. The van der Waals surface area contributed by atoms with Gasteiger partial charge in [0.05, 0.1) is 0 Å². The van der Waals surface area contributed by atoms with Crippen molar-refractivity contribution in [1.29, 1.82) is 0 Å². The van der Waals surface area contributed by atoms with E-state index in [1.165, 1.54) is 12.1 Å². The van der Waals surface area contributed by atoms with E-state index < -0.39 is 18.5 Å². The second-order valence-corrected chi connectivity index (χ2v) is 3.06. The van der Waals surface area contributed by atoms with Gasteiger partial charge >= 0.3 is 0 Å². The maximum Gasteiger partial charge on any atom is 0.129 e. The molecule has 1 rings (SSSR count). The number of rotatable bonds is 4. The fourth-order valence-corrected chi connectivity index (χ4v) is 1.36. The molecule has 1 aromatic carbocycles. The van der Waals surface area contributed by atoms with Gasteiger partial charge in [-0.2, -0.15) is 0 Å². The average Bonchev–Trinajstić information content (AvgIpc) is 2.17. The third-order valence-electron chi connectivity index (χ3n) is 2.13. The molecule has 0 aromatic heterocycles. The van der Waals surface area contributed by atoms with Gasteiger partial charge in [0, 0.05) is 18.2 Å². The molecule has 0 radical (unpaired) electrons. The highest BCUT2D eigenvalue weighted by Gasteiger charge is 2.13. The van der Waals surface area contributed by atoms with Gasteiger partial charge in [-0.25, -0.2) is 8.78 Å². The van der Waals surface area contributed by atoms with Crippen LogP contribution in [0.2, 0.25) is 0 Å². The van der Waals surface area contributed by atoms with Crippen molar-refractivity contribution < 1.29 is 13.9 Å². The number of hydrogen-bond acceptors (Lipinski definition) is 2. The van der Waals surface area contributed by atoms with Gasteiger partial charge in [0.25, 0.3) is 0 Å². The summed E-state index contributed by atoms with van der Waals surface area (Å²) < 4.78 is 25.6. The third-order valence-corrected chi connectivity index (χ3v) is 2.13. The fourth-order valence-electron chi connectivity index (χ4n) is 1.36. The molecule has 0 saturated carbocycles. The first kappa shape index (κ1) is 11.1. The maximum absolute atomic E-state index is 13.1. The predicted octanol–water partition coefficient (Wildman–Crippen LogP) is 1.68. The molecular weight excluding hydrogens is 188 g/mol. The molecule has 3 N–H and O–H groups in total. The standard InChI is InChI=1S/C10H13F2NO/c11-6-8-7(10(13)4-5-14)2-1-3-9(8)12/h1-3,10,14H,4-6,13H2. The van der Waals surface area contributed by atoms with Crippen LogP contribution in [0.4, 0.5) is 8.78 Å². The molecule has 0 aliphatic carbocycles. The molecule has 0 aliphatic rings. The Kier molecular flexibility index (Phi) is 3.98. The van der Waals surface area contributed by atoms with Crippen LogP contribution in [0, 0.1) is 5.82 Å². The summed E-state index contributed by atoms with van der Waals surface area (Å²) in [5, 5.41) is 8.66. The maximum atomic E-state index is 13.1. The Bertz CT molecular complexity index is 304. The summed E-state index contributed by atoms with van der Waals surface area (Å²) in [6.07, 6.45) is 0.302. The Morgan fingerprint density at radius 2 is 2.14 bits per heavy atom. The van der Waals surface area contributed by atoms with E-state index in [4.69, 9.17) is 10.8 Å². The van der Waals surface area contributed by atoms with Gasteiger partial charge in [-0.1, -0.05) is 12.1 Å². The molecule has 14 heavy (non-hydrogen) atoms. The van der Waals surface area contributed by atoms with E-state index in [1.54, 1.807) is 6.07 Å². The van der Waals surface area contributed by atoms with Gasteiger partial charge in [-0.15, -0.1) is 0 Å². The first-order valence-corrected chi connectivity index (χ1v) is 4.40. The monoisotopic (exact) mass is 201 g/mol. The molecular formula is C10H13F2NO. The summed E-state index contributed by atoms with van der Waals surface area (Å²) >= 11 is 0. The highest BCUT2D eigenvalue weighted by Crippen LogP contribution is 2.22. The molecule has 78 valence electrons. The molecule has 0 spiro atoms. The number of aliphatic hydroxyl groups is 1. The van der Waals surface area contributed by atoms with E-state index >= 15 is 0 Å². The smallest absolute Gasteiger partial charge is 0.129 e. The van der Waals surface area contributed by atoms with Crippen LogP contribution in [0.15, 0.2) is 18.2 Å². The summed E-state index contributed by atoms with van der Waals surface area (Å²) in [5.74, 6) is -0.585. The highest BCUT2D eigenvalue weighted by molar-refractivity contribution is 5.30. The molecule has 0 saturated heterocycles. The number of aliphatic hydroxyl groups excluding tert-OH is 1. The lowest BCUT2D eigenvalue weighted by molar-refractivity contribution is 0.276. The van der Waals surface area contributed by atoms with Crippen molar-refractivity contribution in [2.45, 2.75) is 19.1 Å². The van der Waals surface area contributed by atoms with Crippen molar-refractivity contribution in [3.05, 3.63) is 35.1 Å². The Morgan fingerprint density at radius 1 is 1.43 bits per heavy atom. The molecule has 1 atom stereocenters. The van der Waals surface area contributed by atoms with Crippen LogP contribution in [-0.2, 0) is 6.67 Å². The lowest BCUT2D eigenvalue weighted by atomic mass is 9.99. The highest BCUT2D eigenvalue weighted by atomic mass is 19.1. The molecule has 4 heteroatoms. The van der Waals surface area contributed by atoms with Crippen molar-refractivity contribution in [3.8, 4) is 0 Å². The zero-order valence-corrected chi connectivity index (χ0v) is 7.71. The Morgan fingerprint density at radius 3 is 2.71 bits per heavy atom. The summed E-state index contributed by atoms with van der Waals surface area (Å²) in [6.45, 7) is -0.968. The summed E-state index contributed by atoms with van der Waals surface area (Å²) in [4.78, 5) is 0. The van der Waals surface area contributed by atoms with Gasteiger partial charge in [-0.3, -0.25) is 0 Å². The van der Waals surface area contributed by atoms with Gasteiger partial charge in [-0.05, 0) is 18.1 Å². The van der Waals surface area contributed by atoms with E-state index in [0.717, 1.165) is 0 Å². The summed E-state index contributed by atoms with van der Waals surface area (Å²) in [5.41, 5.74) is 6.08. The van der Waals surface area contributed by atoms with Crippen LogP contribution < -0.4 is 5.73 Å². The molecule has 0 heterocycles. The molecule has 0 aliphatic heterocycles. The van der Waals surface area contributed by atoms with Gasteiger partial charge in [0.2, 0.25) is 0 Å². The van der Waals surface area contributed by atoms with Crippen molar-refractivity contribution in [1.82, 2.24) is 0 Å². The zero-order valence-electron chi connectivity index (χ0n) is 7.71. The zero-order chi connectivity index (χ0) is 10.6. The lowest BCUT2D eigenvalue weighted by Gasteiger charge is -2.14. The molecule has 0 amide bonds. The van der Waals surface area contributed by atoms with Crippen molar-refractivity contribution in [2.75, 3.05) is 6.61 Å². The average molecular weight is 201 g/mol. The normalized spacial score (nSPS) is 12.9. The van der Waals surface area contributed by atoms with Gasteiger partial charge < -0.3 is 10.8 Å². The minimum atomic E-state index is -0.874. The molecule has 1 unspecified atom stereocenters. The largest absolute Gasteiger partial charge is 0.396 e. The summed E-state index contributed by atoms with van der Waals surface area (Å²) in [7, 11) is 0. The fraction of sp³-hybridized carbons (Fsp3) is 0.400. The number of nitrogens with two attached hydrogens (primary N) is 1. The van der Waals surface area contributed by atoms with Crippen molar-refractivity contribution >= 4 is 0 Å². The van der Waals surface area contributed by atoms with E-state index in [1.807, 2.05) is 0 Å². The Hall–Kier alpha value is -1.00. The van der Waals surface area contributed by atoms with E-state index in [9.17, 15) is 8.78 Å². The quantitative estimate of drug-likeness (QED) is 0.778. The van der Waals surface area contributed by atoms with Crippen LogP contribution in [0.1, 0.15) is 23.6 Å². The van der Waals surface area contributed by atoms with Crippen molar-refractivity contribution in [2.24, 2.45) is 5.73 Å². The minimum Gasteiger partial charge on any atom is -0.396 e. The van der Waals surface area contributed by atoms with Gasteiger partial charge in [0.1, 0.15) is 12.5 Å². The summed E-state index contributed by atoms with van der Waals surface area (Å²) in [6, 6.07) is 3.75. The third kappa shape index (κ3) is 2.27. The predicted molar refractivity (Wildman–Crippen MR) is 49.8 cm³/mol. The Labute approximate surface area is 81.4 Å². The first-order chi connectivity index (χ1) is 6.70.